The van der Waals surface area contributed by atoms with E-state index in [1.165, 1.54) is 0 Å². The van der Waals surface area contributed by atoms with Crippen LogP contribution in [-0.4, -0.2) is 35.6 Å². The highest BCUT2D eigenvalue weighted by molar-refractivity contribution is 5.84. The van der Waals surface area contributed by atoms with Crippen LogP contribution in [0.5, 0.6) is 0 Å². The van der Waals surface area contributed by atoms with Gasteiger partial charge in [0.15, 0.2) is 0 Å². The molecule has 0 bridgehead atoms. The summed E-state index contributed by atoms with van der Waals surface area (Å²) < 4.78 is 0. The van der Waals surface area contributed by atoms with Gasteiger partial charge in [0.25, 0.3) is 0 Å². The van der Waals surface area contributed by atoms with Gasteiger partial charge in [0.2, 0.25) is 5.91 Å². The summed E-state index contributed by atoms with van der Waals surface area (Å²) in [7, 11) is 0. The van der Waals surface area contributed by atoms with Crippen molar-refractivity contribution in [3.05, 3.63) is 0 Å². The van der Waals surface area contributed by atoms with E-state index in [1.54, 1.807) is 6.92 Å². The van der Waals surface area contributed by atoms with E-state index < -0.39 is 12.0 Å². The van der Waals surface area contributed by atoms with Crippen LogP contribution in [-0.2, 0) is 9.59 Å². The molecule has 0 spiro atoms. The Kier molecular flexibility index (Phi) is 5.87. The van der Waals surface area contributed by atoms with Crippen LogP contribution in [0, 0.1) is 0 Å². The lowest BCUT2D eigenvalue weighted by atomic mass is 10.2. The molecule has 0 rings (SSSR count). The van der Waals surface area contributed by atoms with Crippen LogP contribution >= 0.6 is 0 Å². The van der Waals surface area contributed by atoms with Crippen LogP contribution in [0.3, 0.4) is 0 Å². The van der Waals surface area contributed by atoms with Crippen molar-refractivity contribution < 1.29 is 14.7 Å². The smallest absolute Gasteiger partial charge is 0.326 e. The number of hydrogen-bond donors (Lipinski definition) is 3. The Bertz CT molecular complexity index is 204. The number of nitrogens with one attached hydrogen (secondary N) is 2. The molecule has 14 heavy (non-hydrogen) atoms. The van der Waals surface area contributed by atoms with E-state index >= 15 is 0 Å². The number of carboxylic acids is 1. The molecule has 0 aromatic carbocycles. The Balaban J connectivity index is 3.85. The SMILES string of the molecule is CC[C@@H](NC(=O)CNC(C)C)C(=O)O. The first kappa shape index (κ1) is 12.9. The van der Waals surface area contributed by atoms with Crippen LogP contribution in [0.2, 0.25) is 0 Å². The molecule has 0 heterocycles. The molecule has 1 atom stereocenters. The Morgan fingerprint density at radius 1 is 1.36 bits per heavy atom. The molecular weight excluding hydrogens is 184 g/mol. The van der Waals surface area contributed by atoms with E-state index in [0.717, 1.165) is 0 Å². The van der Waals surface area contributed by atoms with Crippen molar-refractivity contribution >= 4 is 11.9 Å². The molecule has 3 N–H and O–H groups in total. The topological polar surface area (TPSA) is 78.4 Å². The molecule has 82 valence electrons. The highest BCUT2D eigenvalue weighted by Crippen LogP contribution is 1.90. The van der Waals surface area contributed by atoms with E-state index in [0.29, 0.717) is 6.42 Å². The third-order valence-corrected chi connectivity index (χ3v) is 1.71. The summed E-state index contributed by atoms with van der Waals surface area (Å²) >= 11 is 0. The highest BCUT2D eigenvalue weighted by atomic mass is 16.4. The summed E-state index contributed by atoms with van der Waals surface area (Å²) in [6.45, 7) is 5.71. The molecule has 0 aromatic rings. The second-order valence-electron chi connectivity index (χ2n) is 3.40. The Morgan fingerprint density at radius 3 is 2.29 bits per heavy atom. The molecule has 5 heteroatoms. The fourth-order valence-electron chi connectivity index (χ4n) is 0.881. The zero-order chi connectivity index (χ0) is 11.1. The van der Waals surface area contributed by atoms with Gasteiger partial charge in [-0.1, -0.05) is 20.8 Å². The first-order valence-electron chi connectivity index (χ1n) is 4.73. The van der Waals surface area contributed by atoms with Gasteiger partial charge in [-0.15, -0.1) is 0 Å². The summed E-state index contributed by atoms with van der Waals surface area (Å²) in [5, 5.41) is 14.0. The van der Waals surface area contributed by atoms with Gasteiger partial charge in [-0.2, -0.15) is 0 Å². The summed E-state index contributed by atoms with van der Waals surface area (Å²) in [6, 6.07) is -0.567. The third-order valence-electron chi connectivity index (χ3n) is 1.71. The number of rotatable bonds is 6. The molecule has 1 amide bonds. The van der Waals surface area contributed by atoms with Crippen molar-refractivity contribution in [2.45, 2.75) is 39.3 Å². The van der Waals surface area contributed by atoms with Crippen LogP contribution in [0.25, 0.3) is 0 Å². The molecule has 0 aliphatic heterocycles. The molecule has 0 radical (unpaired) electrons. The maximum Gasteiger partial charge on any atom is 0.326 e. The minimum Gasteiger partial charge on any atom is -0.480 e. The van der Waals surface area contributed by atoms with Crippen LogP contribution in [0.15, 0.2) is 0 Å². The number of hydrogen-bond acceptors (Lipinski definition) is 3. The molecule has 0 unspecified atom stereocenters. The standard InChI is InChI=1S/C9H18N2O3/c1-4-7(9(13)14)11-8(12)5-10-6(2)3/h6-7,10H,4-5H2,1-3H3,(H,11,12)(H,13,14)/t7-/m1/s1. The van der Waals surface area contributed by atoms with Gasteiger partial charge in [-0.25, -0.2) is 4.79 Å². The van der Waals surface area contributed by atoms with Gasteiger partial charge in [0, 0.05) is 6.04 Å². The molecule has 0 aliphatic carbocycles. The van der Waals surface area contributed by atoms with Crippen LogP contribution in [0.4, 0.5) is 0 Å². The summed E-state index contributed by atoms with van der Waals surface area (Å²) in [6.07, 6.45) is 0.392. The predicted molar refractivity (Wildman–Crippen MR) is 53.0 cm³/mol. The third kappa shape index (κ3) is 5.53. The lowest BCUT2D eigenvalue weighted by Gasteiger charge is -2.13. The van der Waals surface area contributed by atoms with E-state index in [4.69, 9.17) is 5.11 Å². The zero-order valence-corrected chi connectivity index (χ0v) is 8.83. The lowest BCUT2D eigenvalue weighted by molar-refractivity contribution is -0.141. The van der Waals surface area contributed by atoms with Crippen molar-refractivity contribution in [2.75, 3.05) is 6.54 Å². The Labute approximate surface area is 83.9 Å². The van der Waals surface area contributed by atoms with Crippen LogP contribution in [0.1, 0.15) is 27.2 Å². The number of carbonyl (C=O) groups is 2. The fourth-order valence-corrected chi connectivity index (χ4v) is 0.881. The minimum atomic E-state index is -0.995. The van der Waals surface area contributed by atoms with E-state index in [2.05, 4.69) is 10.6 Å². The average molecular weight is 202 g/mol. The lowest BCUT2D eigenvalue weighted by Crippen LogP contribution is -2.45. The Morgan fingerprint density at radius 2 is 1.93 bits per heavy atom. The monoisotopic (exact) mass is 202 g/mol. The van der Waals surface area contributed by atoms with Gasteiger partial charge < -0.3 is 15.7 Å². The van der Waals surface area contributed by atoms with E-state index in [-0.39, 0.29) is 18.5 Å². The van der Waals surface area contributed by atoms with Crippen molar-refractivity contribution in [2.24, 2.45) is 0 Å². The molecule has 0 fully saturated rings. The number of amides is 1. The van der Waals surface area contributed by atoms with E-state index in [9.17, 15) is 9.59 Å². The second kappa shape index (κ2) is 6.37. The predicted octanol–water partition coefficient (Wildman–Crippen LogP) is -0.0362. The summed E-state index contributed by atoms with van der Waals surface area (Å²) in [5.74, 6) is -1.28. The van der Waals surface area contributed by atoms with Gasteiger partial charge >= 0.3 is 5.97 Å². The average Bonchev–Trinajstić information content (AvgIpc) is 2.10. The number of aliphatic carboxylic acids is 1. The quantitative estimate of drug-likeness (QED) is 0.565. The summed E-state index contributed by atoms with van der Waals surface area (Å²) in [5.41, 5.74) is 0. The second-order valence-corrected chi connectivity index (χ2v) is 3.40. The van der Waals surface area contributed by atoms with Crippen molar-refractivity contribution in [1.82, 2.24) is 10.6 Å². The molecule has 0 saturated heterocycles. The first-order valence-corrected chi connectivity index (χ1v) is 4.73. The maximum atomic E-state index is 11.2. The van der Waals surface area contributed by atoms with Gasteiger partial charge in [-0.3, -0.25) is 4.79 Å². The van der Waals surface area contributed by atoms with Crippen LogP contribution < -0.4 is 10.6 Å². The molecule has 0 aromatic heterocycles. The van der Waals surface area contributed by atoms with Crippen molar-refractivity contribution in [3.8, 4) is 0 Å². The zero-order valence-electron chi connectivity index (χ0n) is 8.83. The largest absolute Gasteiger partial charge is 0.480 e. The number of carboxylic acid groups (broad SMARTS) is 1. The van der Waals surface area contributed by atoms with E-state index in [1.807, 2.05) is 13.8 Å². The fraction of sp³-hybridized carbons (Fsp3) is 0.778. The molecule has 0 aliphatic rings. The van der Waals surface area contributed by atoms with Gasteiger partial charge in [0.05, 0.1) is 6.54 Å². The number of carbonyl (C=O) groups excluding carboxylic acids is 1. The molecule has 5 nitrogen and oxygen atoms in total. The molecular formula is C9H18N2O3. The Hall–Kier alpha value is -1.10. The molecule has 0 saturated carbocycles. The maximum absolute atomic E-state index is 11.2. The first-order chi connectivity index (χ1) is 6.47. The van der Waals surface area contributed by atoms with Crippen molar-refractivity contribution in [1.29, 1.82) is 0 Å². The van der Waals surface area contributed by atoms with Crippen molar-refractivity contribution in [3.63, 3.8) is 0 Å². The summed E-state index contributed by atoms with van der Waals surface area (Å²) in [4.78, 5) is 21.8. The normalized spacial score (nSPS) is 12.6. The van der Waals surface area contributed by atoms with Gasteiger partial charge in [0.1, 0.15) is 6.04 Å². The van der Waals surface area contributed by atoms with Gasteiger partial charge in [-0.05, 0) is 6.42 Å². The highest BCUT2D eigenvalue weighted by Gasteiger charge is 2.16. The minimum absolute atomic E-state index is 0.154.